The Morgan fingerprint density at radius 2 is 2.18 bits per heavy atom. The van der Waals surface area contributed by atoms with E-state index in [0.29, 0.717) is 39.9 Å². The van der Waals surface area contributed by atoms with Crippen LogP contribution in [0.2, 0.25) is 0 Å². The maximum absolute atomic E-state index is 15.6. The molecule has 1 aliphatic heterocycles. The summed E-state index contributed by atoms with van der Waals surface area (Å²) in [4.78, 5) is 15.7. The second kappa shape index (κ2) is 8.17. The Morgan fingerprint density at radius 3 is 2.97 bits per heavy atom. The molecule has 9 nitrogen and oxygen atoms in total. The van der Waals surface area contributed by atoms with Gasteiger partial charge < -0.3 is 19.9 Å². The predicted molar refractivity (Wildman–Crippen MR) is 130 cm³/mol. The van der Waals surface area contributed by atoms with Crippen LogP contribution in [0.5, 0.6) is 6.01 Å². The number of aromatic nitrogens is 6. The summed E-state index contributed by atoms with van der Waals surface area (Å²) in [6.45, 7) is 1.86. The second-order valence-electron chi connectivity index (χ2n) is 8.59. The zero-order valence-electron chi connectivity index (χ0n) is 18.4. The van der Waals surface area contributed by atoms with Crippen LogP contribution in [0.25, 0.3) is 27.5 Å². The summed E-state index contributed by atoms with van der Waals surface area (Å²) < 4.78 is 25.5. The van der Waals surface area contributed by atoms with E-state index in [0.717, 1.165) is 30.5 Å². The predicted octanol–water partition coefficient (Wildman–Crippen LogP) is 3.63. The number of likely N-dealkylation sites (tertiary alicyclic amines) is 1. The van der Waals surface area contributed by atoms with Crippen LogP contribution in [0.15, 0.2) is 41.4 Å². The molecule has 0 bridgehead atoms. The van der Waals surface area contributed by atoms with Crippen LogP contribution in [-0.4, -0.2) is 60.3 Å². The highest BCUT2D eigenvalue weighted by Crippen LogP contribution is 2.37. The molecule has 5 heterocycles. The van der Waals surface area contributed by atoms with E-state index in [2.05, 4.69) is 42.9 Å². The van der Waals surface area contributed by atoms with E-state index in [-0.39, 0.29) is 17.6 Å². The number of hydrogen-bond acceptors (Lipinski definition) is 7. The number of nitrogens with zero attached hydrogens (tertiary/aromatic N) is 7. The summed E-state index contributed by atoms with van der Waals surface area (Å²) in [5, 5.41) is 5.63. The molecule has 0 radical (unpaired) electrons. The maximum atomic E-state index is 15.6. The number of nitrogens with two attached hydrogens (primary N) is 1. The van der Waals surface area contributed by atoms with Crippen molar-refractivity contribution in [1.82, 2.24) is 34.0 Å². The Kier molecular flexibility index (Phi) is 5.10. The van der Waals surface area contributed by atoms with Gasteiger partial charge in [-0.2, -0.15) is 15.1 Å². The van der Waals surface area contributed by atoms with Crippen LogP contribution in [0.1, 0.15) is 18.4 Å². The lowest BCUT2D eigenvalue weighted by molar-refractivity contribution is 0.188. The van der Waals surface area contributed by atoms with Crippen molar-refractivity contribution in [2.45, 2.75) is 25.4 Å². The number of ether oxygens (including phenoxy) is 1. The van der Waals surface area contributed by atoms with E-state index in [1.54, 1.807) is 16.9 Å². The first-order chi connectivity index (χ1) is 16.5. The number of likely N-dealkylation sites (N-methyl/N-ethyl adjacent to an activating group) is 1. The van der Waals surface area contributed by atoms with E-state index >= 15 is 4.39 Å². The minimum atomic E-state index is -0.476. The monoisotopic (exact) mass is 524 g/mol. The van der Waals surface area contributed by atoms with Crippen molar-refractivity contribution in [3.05, 3.63) is 52.8 Å². The van der Waals surface area contributed by atoms with Crippen molar-refractivity contribution in [3.8, 4) is 6.01 Å². The molecule has 1 aromatic carbocycles. The van der Waals surface area contributed by atoms with Gasteiger partial charge in [-0.3, -0.25) is 0 Å². The smallest absolute Gasteiger partial charge is 0.319 e. The molecule has 0 amide bonds. The third-order valence-corrected chi connectivity index (χ3v) is 7.32. The number of benzene rings is 1. The molecule has 1 aliphatic rings. The average Bonchev–Trinajstić information content (AvgIpc) is 3.41. The van der Waals surface area contributed by atoms with E-state index < -0.39 is 5.82 Å². The summed E-state index contributed by atoms with van der Waals surface area (Å²) in [6, 6.07) is 4.16. The molecule has 4 aromatic heterocycles. The van der Waals surface area contributed by atoms with Crippen molar-refractivity contribution in [1.29, 1.82) is 0 Å². The number of halogens is 2. The highest BCUT2D eigenvalue weighted by molar-refractivity contribution is 9.10. The molecule has 174 valence electrons. The summed E-state index contributed by atoms with van der Waals surface area (Å²) >= 11 is 3.39. The van der Waals surface area contributed by atoms with Gasteiger partial charge in [0.1, 0.15) is 23.6 Å². The fourth-order valence-corrected chi connectivity index (χ4v) is 5.13. The van der Waals surface area contributed by atoms with Gasteiger partial charge in [-0.15, -0.1) is 0 Å². The SMILES string of the molecule is CN1CCC[C@H]1COc1nc2c(F)c(Br)c3cnn4ccn(Cc5cccnc5N)c(n1)c2c34. The van der Waals surface area contributed by atoms with Gasteiger partial charge in [0.15, 0.2) is 5.82 Å². The zero-order valence-corrected chi connectivity index (χ0v) is 20.0. The summed E-state index contributed by atoms with van der Waals surface area (Å²) in [5.74, 6) is -0.0488. The van der Waals surface area contributed by atoms with Gasteiger partial charge in [-0.1, -0.05) is 6.07 Å². The van der Waals surface area contributed by atoms with Crippen LogP contribution in [-0.2, 0) is 6.54 Å². The van der Waals surface area contributed by atoms with Crippen LogP contribution >= 0.6 is 15.9 Å². The molecule has 1 saturated heterocycles. The molecule has 0 unspecified atom stereocenters. The van der Waals surface area contributed by atoms with Gasteiger partial charge in [0, 0.05) is 35.6 Å². The van der Waals surface area contributed by atoms with E-state index in [9.17, 15) is 0 Å². The van der Waals surface area contributed by atoms with Gasteiger partial charge in [0.25, 0.3) is 0 Å². The molecule has 0 spiro atoms. The minimum Gasteiger partial charge on any atom is -0.462 e. The van der Waals surface area contributed by atoms with E-state index in [1.807, 2.05) is 29.1 Å². The normalized spacial score (nSPS) is 16.9. The lowest BCUT2D eigenvalue weighted by Gasteiger charge is -2.19. The number of hydrogen-bond donors (Lipinski definition) is 1. The summed E-state index contributed by atoms with van der Waals surface area (Å²) in [7, 11) is 2.08. The van der Waals surface area contributed by atoms with Gasteiger partial charge in [0.05, 0.1) is 28.1 Å². The number of pyridine rings is 1. The first-order valence-corrected chi connectivity index (χ1v) is 11.8. The van der Waals surface area contributed by atoms with Gasteiger partial charge in [-0.05, 0) is 48.4 Å². The number of rotatable bonds is 5. The second-order valence-corrected chi connectivity index (χ2v) is 9.39. The van der Waals surface area contributed by atoms with Crippen LogP contribution in [0.4, 0.5) is 10.2 Å². The third kappa shape index (κ3) is 3.38. The van der Waals surface area contributed by atoms with Crippen molar-refractivity contribution in [3.63, 3.8) is 0 Å². The number of nitrogen functional groups attached to an aromatic ring is 1. The average molecular weight is 525 g/mol. The van der Waals surface area contributed by atoms with Crippen molar-refractivity contribution >= 4 is 49.2 Å². The first-order valence-electron chi connectivity index (χ1n) is 11.0. The Morgan fingerprint density at radius 1 is 1.29 bits per heavy atom. The molecule has 0 aliphatic carbocycles. The van der Waals surface area contributed by atoms with Crippen molar-refractivity contribution in [2.24, 2.45) is 0 Å². The topological polar surface area (TPSA) is 99.4 Å². The summed E-state index contributed by atoms with van der Waals surface area (Å²) in [5.41, 5.74) is 8.35. The lowest BCUT2D eigenvalue weighted by Crippen LogP contribution is -2.30. The minimum absolute atomic E-state index is 0.137. The molecular weight excluding hydrogens is 503 g/mol. The molecule has 0 saturated carbocycles. The van der Waals surface area contributed by atoms with Gasteiger partial charge >= 0.3 is 6.01 Å². The first kappa shape index (κ1) is 21.2. The number of anilines is 1. The Labute approximate surface area is 202 Å². The van der Waals surface area contributed by atoms with Crippen LogP contribution < -0.4 is 10.5 Å². The summed E-state index contributed by atoms with van der Waals surface area (Å²) in [6.07, 6.45) is 9.12. The van der Waals surface area contributed by atoms with Crippen LogP contribution in [0, 0.1) is 5.82 Å². The van der Waals surface area contributed by atoms with E-state index in [4.69, 9.17) is 15.5 Å². The zero-order chi connectivity index (χ0) is 23.4. The molecule has 1 atom stereocenters. The Balaban J connectivity index is 1.58. The standard InChI is InChI=1S/C23H22BrFN8O/c1-31-7-3-5-14(31)12-34-23-29-19-16-20-15(17(24)18(19)25)10-28-33(20)9-8-32(22(16)30-23)11-13-4-2-6-27-21(13)26/h2,4,6,8-10,14H,3,5,7,11-12H2,1H3,(H2,26,27)/t14-/m0/s1. The molecule has 2 N–H and O–H groups in total. The molecule has 11 heteroatoms. The van der Waals surface area contributed by atoms with E-state index in [1.165, 1.54) is 0 Å². The molecule has 6 rings (SSSR count). The molecule has 5 aromatic rings. The van der Waals surface area contributed by atoms with Gasteiger partial charge in [0.2, 0.25) is 0 Å². The third-order valence-electron chi connectivity index (χ3n) is 6.54. The largest absolute Gasteiger partial charge is 0.462 e. The Bertz CT molecular complexity index is 1550. The van der Waals surface area contributed by atoms with Gasteiger partial charge in [-0.25, -0.2) is 13.9 Å². The fourth-order valence-electron chi connectivity index (χ4n) is 4.66. The van der Waals surface area contributed by atoms with Crippen molar-refractivity contribution < 1.29 is 9.13 Å². The molecule has 34 heavy (non-hydrogen) atoms. The quantitative estimate of drug-likeness (QED) is 0.374. The fraction of sp³-hybridized carbons (Fsp3) is 0.304. The van der Waals surface area contributed by atoms with Crippen LogP contribution in [0.3, 0.4) is 0 Å². The molecule has 1 fully saturated rings. The lowest BCUT2D eigenvalue weighted by atomic mass is 10.1. The van der Waals surface area contributed by atoms with Crippen molar-refractivity contribution in [2.75, 3.05) is 25.9 Å². The Hall–Kier alpha value is -3.31. The highest BCUT2D eigenvalue weighted by atomic mass is 79.9. The highest BCUT2D eigenvalue weighted by Gasteiger charge is 2.24. The molecular formula is C23H22BrFN8O. The maximum Gasteiger partial charge on any atom is 0.319 e.